The van der Waals surface area contributed by atoms with Crippen molar-refractivity contribution in [3.8, 4) is 17.2 Å². The molecule has 1 saturated heterocycles. The normalized spacial score (nSPS) is 17.3. The molecule has 6 rings (SSSR count). The van der Waals surface area contributed by atoms with Crippen LogP contribution in [0.2, 0.25) is 0 Å². The van der Waals surface area contributed by atoms with Gasteiger partial charge in [0, 0.05) is 42.3 Å². The van der Waals surface area contributed by atoms with Gasteiger partial charge in [-0.15, -0.1) is 5.10 Å². The van der Waals surface area contributed by atoms with Crippen molar-refractivity contribution in [2.24, 2.45) is 0 Å². The number of nitrogens with zero attached hydrogens (tertiary/aromatic N) is 5. The van der Waals surface area contributed by atoms with E-state index < -0.39 is 0 Å². The van der Waals surface area contributed by atoms with Crippen LogP contribution in [0.4, 0.5) is 0 Å². The standard InChI is InChI=1S/C28H32N6O5/c1-3-23(27-30-31-32-34(27)16-21-8-6-10-37-21)33(14-18-7-4-5-9-24(18)36-2)15-20-11-19-12-25-26(39-17-38-25)13-22(19)29-28(20)35/h4-5,7,9,11-13,21,23H,3,6,8,10,14-17H2,1-2H3,(H,29,35)/t21-,23+/m1/s1. The van der Waals surface area contributed by atoms with Gasteiger partial charge in [-0.25, -0.2) is 4.68 Å². The molecule has 2 aromatic heterocycles. The van der Waals surface area contributed by atoms with Crippen LogP contribution < -0.4 is 19.8 Å². The third kappa shape index (κ3) is 5.19. The maximum atomic E-state index is 13.3. The Kier molecular flexibility index (Phi) is 7.16. The number of hydrogen-bond acceptors (Lipinski definition) is 9. The van der Waals surface area contributed by atoms with E-state index in [2.05, 4.69) is 32.3 Å². The summed E-state index contributed by atoms with van der Waals surface area (Å²) in [6, 6.07) is 13.4. The zero-order valence-electron chi connectivity index (χ0n) is 22.1. The lowest BCUT2D eigenvalue weighted by molar-refractivity contribution is 0.0887. The molecule has 11 nitrogen and oxygen atoms in total. The number of para-hydroxylation sites is 1. The van der Waals surface area contributed by atoms with Gasteiger partial charge in [-0.05, 0) is 47.9 Å². The van der Waals surface area contributed by atoms with Crippen molar-refractivity contribution >= 4 is 10.9 Å². The molecule has 0 bridgehead atoms. The predicted octanol–water partition coefficient (Wildman–Crippen LogP) is 3.58. The summed E-state index contributed by atoms with van der Waals surface area (Å²) in [6.07, 6.45) is 2.88. The molecule has 2 aromatic carbocycles. The van der Waals surface area contributed by atoms with Crippen LogP contribution in [0, 0.1) is 0 Å². The Morgan fingerprint density at radius 1 is 1.15 bits per heavy atom. The van der Waals surface area contributed by atoms with Crippen LogP contribution in [-0.2, 0) is 24.4 Å². The van der Waals surface area contributed by atoms with Crippen molar-refractivity contribution in [2.75, 3.05) is 20.5 Å². The van der Waals surface area contributed by atoms with E-state index in [-0.39, 0.29) is 24.5 Å². The lowest BCUT2D eigenvalue weighted by atomic mass is 10.1. The highest BCUT2D eigenvalue weighted by Crippen LogP contribution is 2.36. The first kappa shape index (κ1) is 25.3. The first-order valence-corrected chi connectivity index (χ1v) is 13.3. The molecule has 1 fully saturated rings. The van der Waals surface area contributed by atoms with E-state index in [1.165, 1.54) is 0 Å². The summed E-state index contributed by atoms with van der Waals surface area (Å²) >= 11 is 0. The number of nitrogens with one attached hydrogen (secondary N) is 1. The van der Waals surface area contributed by atoms with Crippen LogP contribution in [0.1, 0.15) is 49.2 Å². The second kappa shape index (κ2) is 11.0. The summed E-state index contributed by atoms with van der Waals surface area (Å²) in [5.41, 5.74) is 2.20. The minimum atomic E-state index is -0.154. The fraction of sp³-hybridized carbons (Fsp3) is 0.429. The summed E-state index contributed by atoms with van der Waals surface area (Å²) in [4.78, 5) is 18.6. The highest BCUT2D eigenvalue weighted by Gasteiger charge is 2.28. The number of aromatic nitrogens is 5. The average molecular weight is 533 g/mol. The van der Waals surface area contributed by atoms with Crippen LogP contribution in [0.5, 0.6) is 17.2 Å². The van der Waals surface area contributed by atoms with Crippen molar-refractivity contribution in [2.45, 2.75) is 58.0 Å². The number of hydrogen-bond donors (Lipinski definition) is 1. The quantitative estimate of drug-likeness (QED) is 0.327. The van der Waals surface area contributed by atoms with Crippen molar-refractivity contribution in [3.05, 3.63) is 69.8 Å². The Balaban J connectivity index is 1.37. The first-order chi connectivity index (χ1) is 19.1. The molecule has 0 amide bonds. The maximum Gasteiger partial charge on any atom is 0.252 e. The molecule has 0 unspecified atom stereocenters. The molecule has 2 aliphatic heterocycles. The summed E-state index contributed by atoms with van der Waals surface area (Å²) in [6.45, 7) is 4.57. The number of aromatic amines is 1. The zero-order chi connectivity index (χ0) is 26.8. The topological polar surface area (TPSA) is 117 Å². The largest absolute Gasteiger partial charge is 0.496 e. The molecule has 0 aliphatic carbocycles. The van der Waals surface area contributed by atoms with E-state index in [1.54, 1.807) is 7.11 Å². The SMILES string of the molecule is CC[C@@H](c1nnnn1C[C@H]1CCCO1)N(Cc1ccccc1OC)Cc1cc2cc3c(cc2[nH]c1=O)OCO3. The number of benzene rings is 2. The van der Waals surface area contributed by atoms with Crippen molar-refractivity contribution in [3.63, 3.8) is 0 Å². The second-order valence-corrected chi connectivity index (χ2v) is 9.91. The number of rotatable bonds is 10. The molecule has 4 aromatic rings. The van der Waals surface area contributed by atoms with E-state index in [1.807, 2.05) is 47.1 Å². The van der Waals surface area contributed by atoms with Crippen molar-refractivity contribution in [1.82, 2.24) is 30.1 Å². The van der Waals surface area contributed by atoms with Crippen LogP contribution in [0.25, 0.3) is 10.9 Å². The molecule has 1 N–H and O–H groups in total. The van der Waals surface area contributed by atoms with E-state index in [4.69, 9.17) is 18.9 Å². The third-order valence-electron chi connectivity index (χ3n) is 7.44. The molecule has 4 heterocycles. The van der Waals surface area contributed by atoms with Gasteiger partial charge in [-0.1, -0.05) is 25.1 Å². The summed E-state index contributed by atoms with van der Waals surface area (Å²) in [5, 5.41) is 13.6. The average Bonchev–Trinajstić information content (AvgIpc) is 3.72. The predicted molar refractivity (Wildman–Crippen MR) is 143 cm³/mol. The summed E-state index contributed by atoms with van der Waals surface area (Å²) in [5.74, 6) is 2.85. The third-order valence-corrected chi connectivity index (χ3v) is 7.44. The van der Waals surface area contributed by atoms with Crippen LogP contribution in [0.3, 0.4) is 0 Å². The van der Waals surface area contributed by atoms with Crippen LogP contribution >= 0.6 is 0 Å². The highest BCUT2D eigenvalue weighted by molar-refractivity contribution is 5.83. The van der Waals surface area contributed by atoms with E-state index in [0.717, 1.165) is 48.4 Å². The number of pyridine rings is 1. The van der Waals surface area contributed by atoms with Crippen molar-refractivity contribution < 1.29 is 18.9 Å². The minimum Gasteiger partial charge on any atom is -0.496 e. The lowest BCUT2D eigenvalue weighted by Gasteiger charge is -2.31. The molecule has 0 spiro atoms. The molecule has 0 saturated carbocycles. The number of methoxy groups -OCH3 is 1. The Morgan fingerprint density at radius 3 is 2.77 bits per heavy atom. The van der Waals surface area contributed by atoms with Gasteiger partial charge >= 0.3 is 0 Å². The van der Waals surface area contributed by atoms with E-state index >= 15 is 0 Å². The van der Waals surface area contributed by atoms with Gasteiger partial charge in [0.1, 0.15) is 5.75 Å². The summed E-state index contributed by atoms with van der Waals surface area (Å²) in [7, 11) is 1.67. The highest BCUT2D eigenvalue weighted by atomic mass is 16.7. The smallest absolute Gasteiger partial charge is 0.252 e. The Morgan fingerprint density at radius 2 is 1.97 bits per heavy atom. The second-order valence-electron chi connectivity index (χ2n) is 9.91. The van der Waals surface area contributed by atoms with Crippen molar-refractivity contribution in [1.29, 1.82) is 0 Å². The zero-order valence-corrected chi connectivity index (χ0v) is 22.1. The molecular weight excluding hydrogens is 500 g/mol. The van der Waals surface area contributed by atoms with Gasteiger partial charge in [-0.2, -0.15) is 0 Å². The first-order valence-electron chi connectivity index (χ1n) is 13.3. The van der Waals surface area contributed by atoms with Gasteiger partial charge < -0.3 is 23.9 Å². The molecule has 2 aliphatic rings. The van der Waals surface area contributed by atoms with E-state index in [9.17, 15) is 4.79 Å². The maximum absolute atomic E-state index is 13.3. The van der Waals surface area contributed by atoms with Gasteiger partial charge in [-0.3, -0.25) is 9.69 Å². The van der Waals surface area contributed by atoms with E-state index in [0.29, 0.717) is 42.2 Å². The monoisotopic (exact) mass is 532 g/mol. The van der Waals surface area contributed by atoms with Gasteiger partial charge in [0.05, 0.1) is 31.3 Å². The molecule has 2 atom stereocenters. The molecule has 39 heavy (non-hydrogen) atoms. The summed E-state index contributed by atoms with van der Waals surface area (Å²) < 4.78 is 24.4. The van der Waals surface area contributed by atoms with Gasteiger partial charge in [0.25, 0.3) is 5.56 Å². The van der Waals surface area contributed by atoms with Gasteiger partial charge in [0.2, 0.25) is 6.79 Å². The lowest BCUT2D eigenvalue weighted by Crippen LogP contribution is -2.33. The Bertz CT molecular complexity index is 1510. The fourth-order valence-corrected chi connectivity index (χ4v) is 5.47. The number of fused-ring (bicyclic) bond motifs is 2. The Labute approximate surface area is 225 Å². The minimum absolute atomic E-state index is 0.101. The number of H-pyrrole nitrogens is 1. The molecule has 11 heteroatoms. The molecule has 204 valence electrons. The number of ether oxygens (including phenoxy) is 4. The number of tetrazole rings is 1. The molecular formula is C28H32N6O5. The van der Waals surface area contributed by atoms with Crippen LogP contribution in [0.15, 0.2) is 47.3 Å². The fourth-order valence-electron chi connectivity index (χ4n) is 5.47. The van der Waals surface area contributed by atoms with Crippen LogP contribution in [-0.4, -0.2) is 56.7 Å². The Hall–Kier alpha value is -3.96. The molecule has 0 radical (unpaired) electrons. The van der Waals surface area contributed by atoms with Gasteiger partial charge in [0.15, 0.2) is 17.3 Å².